The average molecular weight is 543 g/mol. The van der Waals surface area contributed by atoms with Crippen molar-refractivity contribution in [3.8, 4) is 0 Å². The molecule has 0 radical (unpaired) electrons. The summed E-state index contributed by atoms with van der Waals surface area (Å²) >= 11 is 11.7. The predicted octanol–water partition coefficient (Wildman–Crippen LogP) is 1.09. The summed E-state index contributed by atoms with van der Waals surface area (Å²) in [7, 11) is 2.67. The first kappa shape index (κ1) is 31.3. The molecule has 2 atom stereocenters. The van der Waals surface area contributed by atoms with Gasteiger partial charge in [0.2, 0.25) is 0 Å². The van der Waals surface area contributed by atoms with Gasteiger partial charge >= 0.3 is 41.5 Å². The summed E-state index contributed by atoms with van der Waals surface area (Å²) in [6.07, 6.45) is 6.81. The monoisotopic (exact) mass is 540 g/mol. The molecule has 0 spiro atoms. The number of aromatic nitrogens is 4. The number of nitrogens with zero attached hydrogens (tertiary/aromatic N) is 3. The Morgan fingerprint density at radius 2 is 1.74 bits per heavy atom. The van der Waals surface area contributed by atoms with Gasteiger partial charge in [0.05, 0.1) is 35.6 Å². The zero-order valence-corrected chi connectivity index (χ0v) is 21.0. The van der Waals surface area contributed by atoms with E-state index < -0.39 is 5.38 Å². The molecule has 8 nitrogen and oxygen atoms in total. The van der Waals surface area contributed by atoms with Crippen molar-refractivity contribution in [2.24, 2.45) is 0 Å². The number of esters is 2. The minimum Gasteiger partial charge on any atom is -1.00 e. The Morgan fingerprint density at radius 3 is 1.96 bits per heavy atom. The number of carbonyl (C=O) groups excluding carboxylic acids is 2. The Bertz CT molecular complexity index is 648. The van der Waals surface area contributed by atoms with Gasteiger partial charge in [0.15, 0.2) is 0 Å². The molecule has 0 aliphatic rings. The number of carbonyl (C=O) groups is 2. The molecule has 0 saturated carbocycles. The summed E-state index contributed by atoms with van der Waals surface area (Å²) in [6, 6.07) is -0.374. The van der Waals surface area contributed by atoms with Crippen LogP contribution in [0.1, 0.15) is 28.7 Å². The Morgan fingerprint density at radius 1 is 1.19 bits per heavy atom. The molecule has 2 rings (SSSR count). The summed E-state index contributed by atoms with van der Waals surface area (Å²) in [6.45, 7) is 3.29. The number of nitrogens with one attached hydrogen (secondary N) is 1. The summed E-state index contributed by atoms with van der Waals surface area (Å²) < 4.78 is 12.2. The van der Waals surface area contributed by atoms with Crippen LogP contribution in [0.3, 0.4) is 0 Å². The SMILES string of the molecule is Brc1cn[nH]c1.C.COC(=O)[C@@H](C)n1cc(Br)cn1.COC(=O)[C@H](C)Cl.[H-].[Na+]. The van der Waals surface area contributed by atoms with Crippen LogP contribution in [0.5, 0.6) is 0 Å². The Labute approximate surface area is 204 Å². The van der Waals surface area contributed by atoms with E-state index in [9.17, 15) is 9.59 Å². The third kappa shape index (κ3) is 14.3. The molecule has 12 heteroatoms. The van der Waals surface area contributed by atoms with E-state index in [1.807, 2.05) is 0 Å². The molecule has 27 heavy (non-hydrogen) atoms. The summed E-state index contributed by atoms with van der Waals surface area (Å²) in [5.74, 6) is -0.688. The molecular weight excluding hydrogens is 518 g/mol. The first-order valence-corrected chi connectivity index (χ1v) is 8.88. The van der Waals surface area contributed by atoms with Crippen LogP contribution in [0, 0.1) is 0 Å². The van der Waals surface area contributed by atoms with Gasteiger partial charge in [-0.1, -0.05) is 7.43 Å². The molecule has 0 amide bonds. The van der Waals surface area contributed by atoms with E-state index in [0.29, 0.717) is 0 Å². The van der Waals surface area contributed by atoms with Crippen LogP contribution in [-0.4, -0.2) is 51.5 Å². The van der Waals surface area contributed by atoms with E-state index in [0.717, 1.165) is 8.95 Å². The molecular formula is C15H24Br2ClN4NaO4. The normalized spacial score (nSPS) is 10.9. The Balaban J connectivity index is -0.000000157. The van der Waals surface area contributed by atoms with Crippen LogP contribution in [0.2, 0.25) is 0 Å². The molecule has 0 bridgehead atoms. The number of hydrogen-bond donors (Lipinski definition) is 1. The zero-order chi connectivity index (χ0) is 19.4. The largest absolute Gasteiger partial charge is 1.00 e. The molecule has 1 N–H and O–H groups in total. The number of methoxy groups -OCH3 is 2. The van der Waals surface area contributed by atoms with Gasteiger partial charge < -0.3 is 10.9 Å². The van der Waals surface area contributed by atoms with Crippen LogP contribution in [0.25, 0.3) is 0 Å². The number of halogens is 3. The van der Waals surface area contributed by atoms with Crippen LogP contribution < -0.4 is 29.6 Å². The molecule has 0 aliphatic carbocycles. The fourth-order valence-corrected chi connectivity index (χ4v) is 1.80. The van der Waals surface area contributed by atoms with Crippen molar-refractivity contribution in [1.82, 2.24) is 20.0 Å². The Hall–Kier alpha value is -0.390. The first-order valence-electron chi connectivity index (χ1n) is 6.86. The summed E-state index contributed by atoms with van der Waals surface area (Å²) in [5, 5.41) is 9.71. The number of rotatable bonds is 3. The van der Waals surface area contributed by atoms with Crippen LogP contribution in [-0.2, 0) is 19.1 Å². The van der Waals surface area contributed by atoms with E-state index >= 15 is 0 Å². The molecule has 0 aliphatic heterocycles. The summed E-state index contributed by atoms with van der Waals surface area (Å²) in [4.78, 5) is 21.2. The zero-order valence-electron chi connectivity index (χ0n) is 16.1. The average Bonchev–Trinajstić information content (AvgIpc) is 3.24. The van der Waals surface area contributed by atoms with E-state index in [-0.39, 0.29) is 56.4 Å². The van der Waals surface area contributed by atoms with Gasteiger partial charge in [0.1, 0.15) is 11.4 Å². The van der Waals surface area contributed by atoms with Crippen molar-refractivity contribution in [2.45, 2.75) is 32.7 Å². The van der Waals surface area contributed by atoms with Gasteiger partial charge in [-0.2, -0.15) is 10.2 Å². The van der Waals surface area contributed by atoms with Crippen molar-refractivity contribution >= 4 is 55.4 Å². The van der Waals surface area contributed by atoms with Crippen LogP contribution >= 0.6 is 43.5 Å². The van der Waals surface area contributed by atoms with Crippen LogP contribution in [0.15, 0.2) is 33.7 Å². The fourth-order valence-electron chi connectivity index (χ4n) is 1.20. The molecule has 0 unspecified atom stereocenters. The second kappa shape index (κ2) is 17.7. The second-order valence-electron chi connectivity index (χ2n) is 4.39. The minimum absolute atomic E-state index is 0. The number of H-pyrrole nitrogens is 1. The van der Waals surface area contributed by atoms with Gasteiger partial charge in [-0.25, -0.2) is 4.79 Å². The molecule has 0 saturated heterocycles. The van der Waals surface area contributed by atoms with Crippen molar-refractivity contribution in [2.75, 3.05) is 14.2 Å². The molecule has 2 aromatic rings. The minimum atomic E-state index is -0.523. The van der Waals surface area contributed by atoms with Gasteiger partial charge in [0.25, 0.3) is 0 Å². The standard InChI is InChI=1S/C7H9BrN2O2.C4H7ClO2.C3H3BrN2.CH4.Na.H/c1-5(7(11)12-2)10-4-6(8)3-9-10;1-3(5)4(6)7-2;4-3-1-5-6-2-3;;;/h3-5H,1-2H3;3H,1-2H3;1-2H,(H,5,6);1H4;;/q;;;;+1;-1/t5-;3-;;;;/m10..../s1. The van der Waals surface area contributed by atoms with Crippen molar-refractivity contribution in [3.05, 3.63) is 33.7 Å². The number of aromatic amines is 1. The third-order valence-corrected chi connectivity index (χ3v) is 3.52. The maximum absolute atomic E-state index is 11.0. The number of alkyl halides is 1. The first-order chi connectivity index (χ1) is 11.7. The maximum atomic E-state index is 11.0. The fraction of sp³-hybridized carbons (Fsp3) is 0.467. The maximum Gasteiger partial charge on any atom is 1.00 e. The topological polar surface area (TPSA) is 99.1 Å². The molecule has 2 aromatic heterocycles. The van der Waals surface area contributed by atoms with Crippen molar-refractivity contribution < 1.29 is 50.0 Å². The Kier molecular flexibility index (Phi) is 20.5. The van der Waals surface area contributed by atoms with Gasteiger partial charge in [-0.05, 0) is 45.7 Å². The second-order valence-corrected chi connectivity index (χ2v) is 6.88. The number of hydrogen-bond acceptors (Lipinski definition) is 6. The van der Waals surface area contributed by atoms with Gasteiger partial charge in [0, 0.05) is 12.4 Å². The van der Waals surface area contributed by atoms with Gasteiger partial charge in [-0.15, -0.1) is 11.6 Å². The molecule has 2 heterocycles. The van der Waals surface area contributed by atoms with E-state index in [1.54, 1.807) is 38.6 Å². The molecule has 150 valence electrons. The predicted molar refractivity (Wildman–Crippen MR) is 108 cm³/mol. The van der Waals surface area contributed by atoms with Gasteiger partial charge in [-0.3, -0.25) is 14.6 Å². The number of ether oxygens (including phenoxy) is 2. The van der Waals surface area contributed by atoms with E-state index in [1.165, 1.54) is 18.9 Å². The van der Waals surface area contributed by atoms with Crippen molar-refractivity contribution in [3.63, 3.8) is 0 Å². The van der Waals surface area contributed by atoms with Crippen LogP contribution in [0.4, 0.5) is 0 Å². The van der Waals surface area contributed by atoms with Crippen molar-refractivity contribution in [1.29, 1.82) is 0 Å². The van der Waals surface area contributed by atoms with E-state index in [4.69, 9.17) is 11.6 Å². The third-order valence-electron chi connectivity index (χ3n) is 2.50. The quantitative estimate of drug-likeness (QED) is 0.354. The summed E-state index contributed by atoms with van der Waals surface area (Å²) in [5.41, 5.74) is 0. The van der Waals surface area contributed by atoms with E-state index in [2.05, 4.69) is 56.6 Å². The smallest absolute Gasteiger partial charge is 1.00 e. The molecule has 0 fully saturated rings. The molecule has 0 aromatic carbocycles.